The number of nitrogens with zero attached hydrogens (tertiary/aromatic N) is 2. The second kappa shape index (κ2) is 5.65. The van der Waals surface area contributed by atoms with Crippen LogP contribution >= 0.6 is 0 Å². The molecule has 0 bridgehead atoms. The summed E-state index contributed by atoms with van der Waals surface area (Å²) in [6.45, 7) is 5.83. The van der Waals surface area contributed by atoms with Gasteiger partial charge in [0.05, 0.1) is 6.04 Å². The molecule has 0 aliphatic rings. The largest absolute Gasteiger partial charge is 0.344 e. The van der Waals surface area contributed by atoms with Crippen LogP contribution in [0.3, 0.4) is 0 Å². The number of aromatic nitrogens is 3. The first-order valence-electron chi connectivity index (χ1n) is 6.34. The highest BCUT2D eigenvalue weighted by Gasteiger charge is 2.17. The zero-order valence-electron chi connectivity index (χ0n) is 11.4. The van der Waals surface area contributed by atoms with E-state index in [2.05, 4.69) is 20.3 Å². The van der Waals surface area contributed by atoms with Gasteiger partial charge in [0.1, 0.15) is 5.82 Å². The van der Waals surface area contributed by atoms with Crippen LogP contribution in [0, 0.1) is 13.8 Å². The van der Waals surface area contributed by atoms with Crippen LogP contribution in [0.25, 0.3) is 0 Å². The van der Waals surface area contributed by atoms with Gasteiger partial charge in [0, 0.05) is 29.8 Å². The van der Waals surface area contributed by atoms with E-state index in [0.29, 0.717) is 5.56 Å². The molecule has 0 aliphatic heterocycles. The Balaban J connectivity index is 2.15. The quantitative estimate of drug-likeness (QED) is 0.884. The van der Waals surface area contributed by atoms with E-state index >= 15 is 0 Å². The predicted molar refractivity (Wildman–Crippen MR) is 72.8 cm³/mol. The molecule has 0 spiro atoms. The maximum atomic E-state index is 12.2. The summed E-state index contributed by atoms with van der Waals surface area (Å²) < 4.78 is 0. The van der Waals surface area contributed by atoms with E-state index in [1.165, 1.54) is 0 Å². The second-order valence-electron chi connectivity index (χ2n) is 4.58. The molecule has 2 aromatic heterocycles. The number of amides is 1. The topological polar surface area (TPSA) is 70.7 Å². The van der Waals surface area contributed by atoms with Gasteiger partial charge in [-0.3, -0.25) is 9.78 Å². The van der Waals surface area contributed by atoms with E-state index in [1.807, 2.05) is 20.8 Å². The summed E-state index contributed by atoms with van der Waals surface area (Å²) >= 11 is 0. The number of hydrogen-bond donors (Lipinski definition) is 2. The number of rotatable bonds is 4. The van der Waals surface area contributed by atoms with E-state index in [4.69, 9.17) is 0 Å². The Morgan fingerprint density at radius 3 is 2.79 bits per heavy atom. The molecule has 1 amide bonds. The average Bonchev–Trinajstić information content (AvgIpc) is 2.82. The summed E-state index contributed by atoms with van der Waals surface area (Å²) in [5, 5.41) is 2.99. The van der Waals surface area contributed by atoms with Gasteiger partial charge in [-0.05, 0) is 31.9 Å². The molecule has 0 radical (unpaired) electrons. The van der Waals surface area contributed by atoms with Crippen molar-refractivity contribution in [3.63, 3.8) is 0 Å². The maximum absolute atomic E-state index is 12.2. The van der Waals surface area contributed by atoms with Gasteiger partial charge in [-0.15, -0.1) is 0 Å². The van der Waals surface area contributed by atoms with Gasteiger partial charge in [-0.1, -0.05) is 6.92 Å². The normalized spacial score (nSPS) is 12.2. The Hall–Kier alpha value is -2.17. The highest BCUT2D eigenvalue weighted by atomic mass is 16.1. The molecule has 0 fully saturated rings. The number of aromatic amines is 1. The summed E-state index contributed by atoms with van der Waals surface area (Å²) in [4.78, 5) is 23.7. The molecule has 0 aromatic carbocycles. The number of H-pyrrole nitrogens is 1. The zero-order chi connectivity index (χ0) is 13.8. The number of hydrogen-bond acceptors (Lipinski definition) is 3. The summed E-state index contributed by atoms with van der Waals surface area (Å²) in [6, 6.07) is 1.62. The fourth-order valence-corrected chi connectivity index (χ4v) is 1.94. The first kappa shape index (κ1) is 13.3. The van der Waals surface area contributed by atoms with Crippen LogP contribution in [-0.2, 0) is 0 Å². The number of nitrogens with one attached hydrogen (secondary N) is 2. The molecule has 5 heteroatoms. The van der Waals surface area contributed by atoms with Crippen molar-refractivity contribution in [3.8, 4) is 0 Å². The lowest BCUT2D eigenvalue weighted by Gasteiger charge is -2.15. The van der Waals surface area contributed by atoms with Crippen molar-refractivity contribution in [2.24, 2.45) is 0 Å². The second-order valence-corrected chi connectivity index (χ2v) is 4.58. The maximum Gasteiger partial charge on any atom is 0.252 e. The van der Waals surface area contributed by atoms with Crippen molar-refractivity contribution in [1.29, 1.82) is 0 Å². The van der Waals surface area contributed by atoms with Crippen LogP contribution in [0.1, 0.15) is 46.8 Å². The molecular weight excluding hydrogens is 240 g/mol. The Labute approximate surface area is 112 Å². The summed E-state index contributed by atoms with van der Waals surface area (Å²) in [7, 11) is 0. The first-order valence-corrected chi connectivity index (χ1v) is 6.34. The third-order valence-corrected chi connectivity index (χ3v) is 3.03. The lowest BCUT2D eigenvalue weighted by molar-refractivity contribution is 0.0933. The third-order valence-electron chi connectivity index (χ3n) is 3.03. The molecule has 0 aliphatic carbocycles. The van der Waals surface area contributed by atoms with Crippen LogP contribution in [0.15, 0.2) is 24.7 Å². The standard InChI is InChI=1S/C14H18N4O/c1-4-12(13-16-8-10(3)17-13)18-14(19)11-5-6-15-7-9(11)2/h5-8,12H,4H2,1-3H3,(H,16,17)(H,18,19)/t12-/m0/s1. The summed E-state index contributed by atoms with van der Waals surface area (Å²) in [6.07, 6.45) is 5.86. The number of carbonyl (C=O) groups excluding carboxylic acids is 1. The monoisotopic (exact) mass is 258 g/mol. The molecule has 100 valence electrons. The first-order chi connectivity index (χ1) is 9.11. The highest BCUT2D eigenvalue weighted by Crippen LogP contribution is 2.14. The van der Waals surface area contributed by atoms with Crippen molar-refractivity contribution in [3.05, 3.63) is 47.3 Å². The minimum Gasteiger partial charge on any atom is -0.344 e. The van der Waals surface area contributed by atoms with Gasteiger partial charge >= 0.3 is 0 Å². The molecule has 2 heterocycles. The van der Waals surface area contributed by atoms with Crippen LogP contribution in [-0.4, -0.2) is 20.9 Å². The van der Waals surface area contributed by atoms with Gasteiger partial charge < -0.3 is 10.3 Å². The number of aryl methyl sites for hydroxylation is 2. The Morgan fingerprint density at radius 1 is 1.42 bits per heavy atom. The zero-order valence-corrected chi connectivity index (χ0v) is 11.4. The molecule has 1 atom stereocenters. The van der Waals surface area contributed by atoms with Gasteiger partial charge in [-0.25, -0.2) is 4.98 Å². The van der Waals surface area contributed by atoms with E-state index in [9.17, 15) is 4.79 Å². The van der Waals surface area contributed by atoms with Crippen molar-refractivity contribution < 1.29 is 4.79 Å². The van der Waals surface area contributed by atoms with Crippen LogP contribution in [0.5, 0.6) is 0 Å². The predicted octanol–water partition coefficient (Wildman–Crippen LogP) is 2.30. The molecule has 0 unspecified atom stereocenters. The highest BCUT2D eigenvalue weighted by molar-refractivity contribution is 5.95. The SMILES string of the molecule is CC[C@H](NC(=O)c1ccncc1C)c1ncc(C)[nH]1. The molecule has 0 saturated heterocycles. The number of carbonyl (C=O) groups is 1. The molecule has 2 N–H and O–H groups in total. The third kappa shape index (κ3) is 2.99. The fourth-order valence-electron chi connectivity index (χ4n) is 1.94. The van der Waals surface area contributed by atoms with E-state index in [0.717, 1.165) is 23.5 Å². The summed E-state index contributed by atoms with van der Waals surface area (Å²) in [5.74, 6) is 0.695. The molecule has 0 saturated carbocycles. The van der Waals surface area contributed by atoms with Gasteiger partial charge in [0.2, 0.25) is 0 Å². The minimum absolute atomic E-state index is 0.0965. The number of imidazole rings is 1. The van der Waals surface area contributed by atoms with Gasteiger partial charge in [-0.2, -0.15) is 0 Å². The van der Waals surface area contributed by atoms with Crippen molar-refractivity contribution in [2.45, 2.75) is 33.2 Å². The van der Waals surface area contributed by atoms with E-state index in [1.54, 1.807) is 24.7 Å². The Kier molecular flexibility index (Phi) is 3.94. The molecule has 5 nitrogen and oxygen atoms in total. The lowest BCUT2D eigenvalue weighted by atomic mass is 10.1. The molecule has 2 aromatic rings. The molecular formula is C14H18N4O. The van der Waals surface area contributed by atoms with Crippen molar-refractivity contribution in [2.75, 3.05) is 0 Å². The molecule has 19 heavy (non-hydrogen) atoms. The van der Waals surface area contributed by atoms with E-state index < -0.39 is 0 Å². The summed E-state index contributed by atoms with van der Waals surface area (Å²) in [5.41, 5.74) is 2.50. The van der Waals surface area contributed by atoms with Crippen LogP contribution < -0.4 is 5.32 Å². The van der Waals surface area contributed by atoms with Crippen molar-refractivity contribution in [1.82, 2.24) is 20.3 Å². The van der Waals surface area contributed by atoms with Crippen molar-refractivity contribution >= 4 is 5.91 Å². The smallest absolute Gasteiger partial charge is 0.252 e. The van der Waals surface area contributed by atoms with Crippen LogP contribution in [0.2, 0.25) is 0 Å². The lowest BCUT2D eigenvalue weighted by Crippen LogP contribution is -2.29. The fraction of sp³-hybridized carbons (Fsp3) is 0.357. The Bertz CT molecular complexity index is 576. The molecule has 2 rings (SSSR count). The minimum atomic E-state index is -0.103. The Morgan fingerprint density at radius 2 is 2.21 bits per heavy atom. The van der Waals surface area contributed by atoms with Gasteiger partial charge in [0.25, 0.3) is 5.91 Å². The van der Waals surface area contributed by atoms with Crippen LogP contribution in [0.4, 0.5) is 0 Å². The van der Waals surface area contributed by atoms with E-state index in [-0.39, 0.29) is 11.9 Å². The number of pyridine rings is 1. The van der Waals surface area contributed by atoms with Gasteiger partial charge in [0.15, 0.2) is 0 Å². The average molecular weight is 258 g/mol.